The smallest absolute Gasteiger partial charge is 0.276 e. The maximum absolute atomic E-state index is 15.4. The number of aliphatic hydroxyl groups is 1. The van der Waals surface area contributed by atoms with E-state index in [1.165, 1.54) is 21.5 Å². The summed E-state index contributed by atoms with van der Waals surface area (Å²) in [5.74, 6) is -1.35. The number of β-amino-alcohol motifs (C(OH)–C–C–N with tert-alkyl or cyclic N) is 1. The van der Waals surface area contributed by atoms with Gasteiger partial charge in [-0.3, -0.25) is 29.4 Å². The molecule has 3 aromatic heterocycles. The van der Waals surface area contributed by atoms with Crippen molar-refractivity contribution in [2.75, 3.05) is 37.6 Å². The van der Waals surface area contributed by atoms with E-state index in [4.69, 9.17) is 4.74 Å². The lowest BCUT2D eigenvalue weighted by Gasteiger charge is -2.33. The van der Waals surface area contributed by atoms with Crippen molar-refractivity contribution in [3.05, 3.63) is 76.2 Å². The van der Waals surface area contributed by atoms with Gasteiger partial charge in [0.2, 0.25) is 11.8 Å². The standard InChI is InChI=1S/C41H48F2N8O6/c1-23(2)57-36-17-33-26(20-51(47-33)34-4-3-11-50(41(34)56)35-16-31(35)42)14-30(36)40(55)45-27-7-5-24(6-8-27)19-48-12-13-49(22-28(52)21-48)38-32(43)15-25(18-44-38)29-9-10-37(53)46-39(29)54/h3-4,11,14-15,17-18,20,23-24,27-29,31,35,52H,5-10,12-13,16,19,21-22H2,1-2H3,(H,45,55)(H,46,53,54)/t24?,27?,28?,29?,31-,35+/m1/s1. The predicted octanol–water partition coefficient (Wildman–Crippen LogP) is 3.78. The van der Waals surface area contributed by atoms with Crippen molar-refractivity contribution in [2.24, 2.45) is 5.92 Å². The van der Waals surface area contributed by atoms with E-state index in [9.17, 15) is 28.7 Å². The average molecular weight is 787 g/mol. The van der Waals surface area contributed by atoms with Gasteiger partial charge in [0.25, 0.3) is 11.5 Å². The molecule has 302 valence electrons. The molecule has 0 spiro atoms. The third-order valence-corrected chi connectivity index (χ3v) is 11.5. The van der Waals surface area contributed by atoms with Crippen LogP contribution in [0.3, 0.4) is 0 Å². The number of fused-ring (bicyclic) bond motifs is 1. The normalized spacial score (nSPS) is 25.7. The van der Waals surface area contributed by atoms with Crippen molar-refractivity contribution in [1.29, 1.82) is 0 Å². The number of pyridine rings is 2. The van der Waals surface area contributed by atoms with Gasteiger partial charge in [-0.2, -0.15) is 5.10 Å². The number of piperidine rings is 1. The second kappa shape index (κ2) is 16.0. The highest BCUT2D eigenvalue weighted by Crippen LogP contribution is 2.38. The summed E-state index contributed by atoms with van der Waals surface area (Å²) >= 11 is 0. The lowest BCUT2D eigenvalue weighted by molar-refractivity contribution is -0.134. The van der Waals surface area contributed by atoms with Gasteiger partial charge < -0.3 is 24.6 Å². The Balaban J connectivity index is 0.875. The third-order valence-electron chi connectivity index (χ3n) is 11.5. The number of imide groups is 1. The van der Waals surface area contributed by atoms with Crippen molar-refractivity contribution in [3.63, 3.8) is 0 Å². The fraction of sp³-hybridized carbons (Fsp3) is 0.512. The molecule has 2 aliphatic carbocycles. The van der Waals surface area contributed by atoms with E-state index >= 15 is 4.39 Å². The SMILES string of the molecule is CC(C)Oc1cc2nn(-c3cccn([C@H]4C[C@H]4F)c3=O)cc2cc1C(=O)NC1CCC(CN2CCN(c3ncc(C4CCC(=O)NC4=O)cc3F)CC(O)C2)CC1. The fourth-order valence-electron chi connectivity index (χ4n) is 8.49. The molecule has 4 aliphatic rings. The van der Waals surface area contributed by atoms with Crippen LogP contribution in [0.15, 0.2) is 53.7 Å². The molecule has 16 heteroatoms. The summed E-state index contributed by atoms with van der Waals surface area (Å²) < 4.78 is 38.1. The molecule has 2 aliphatic heterocycles. The number of carbonyl (C=O) groups excluding carboxylic acids is 3. The molecule has 57 heavy (non-hydrogen) atoms. The van der Waals surface area contributed by atoms with Crippen LogP contribution in [0.5, 0.6) is 5.75 Å². The lowest BCUT2D eigenvalue weighted by Crippen LogP contribution is -2.41. The first-order valence-corrected chi connectivity index (χ1v) is 19.9. The van der Waals surface area contributed by atoms with Gasteiger partial charge in [-0.1, -0.05) is 0 Å². The number of aliphatic hydroxyl groups excluding tert-OH is 1. The first-order chi connectivity index (χ1) is 27.4. The van der Waals surface area contributed by atoms with Gasteiger partial charge >= 0.3 is 0 Å². The number of halogens is 2. The summed E-state index contributed by atoms with van der Waals surface area (Å²) in [5.41, 5.74) is 1.31. The van der Waals surface area contributed by atoms with Crippen LogP contribution in [0.2, 0.25) is 0 Å². The number of aromatic nitrogens is 4. The van der Waals surface area contributed by atoms with Crippen LogP contribution in [-0.4, -0.2) is 104 Å². The zero-order chi connectivity index (χ0) is 40.0. The number of nitrogens with one attached hydrogen (secondary N) is 2. The van der Waals surface area contributed by atoms with E-state index in [0.29, 0.717) is 66.2 Å². The number of alkyl halides is 1. The minimum atomic E-state index is -1.03. The predicted molar refractivity (Wildman–Crippen MR) is 207 cm³/mol. The summed E-state index contributed by atoms with van der Waals surface area (Å²) in [4.78, 5) is 59.1. The number of amides is 3. The molecule has 5 heterocycles. The Morgan fingerprint density at radius 1 is 1.09 bits per heavy atom. The van der Waals surface area contributed by atoms with Crippen LogP contribution in [0.1, 0.15) is 86.7 Å². The molecule has 3 N–H and O–H groups in total. The van der Waals surface area contributed by atoms with Crippen LogP contribution < -0.4 is 25.8 Å². The Hall–Kier alpha value is -5.22. The van der Waals surface area contributed by atoms with Gasteiger partial charge in [0.15, 0.2) is 11.6 Å². The molecule has 4 atom stereocenters. The number of hydrogen-bond donors (Lipinski definition) is 3. The summed E-state index contributed by atoms with van der Waals surface area (Å²) in [6, 6.07) is 7.62. The second-order valence-corrected chi connectivity index (χ2v) is 16.2. The number of rotatable bonds is 10. The summed E-state index contributed by atoms with van der Waals surface area (Å²) in [6.45, 7) is 6.28. The summed E-state index contributed by atoms with van der Waals surface area (Å²) in [7, 11) is 0. The van der Waals surface area contributed by atoms with Crippen molar-refractivity contribution < 1.29 is 33.0 Å². The highest BCUT2D eigenvalue weighted by atomic mass is 19.1. The number of nitrogens with zero attached hydrogens (tertiary/aromatic N) is 6. The minimum Gasteiger partial charge on any atom is -0.490 e. The van der Waals surface area contributed by atoms with Crippen molar-refractivity contribution in [2.45, 2.75) is 95.2 Å². The molecule has 8 rings (SSSR count). The minimum absolute atomic E-state index is 0.0361. The van der Waals surface area contributed by atoms with Crippen LogP contribution in [0.4, 0.5) is 14.6 Å². The molecular formula is C41H48F2N8O6. The number of ether oxygens (including phenoxy) is 1. The van der Waals surface area contributed by atoms with Gasteiger partial charge in [-0.05, 0) is 81.7 Å². The quantitative estimate of drug-likeness (QED) is 0.202. The largest absolute Gasteiger partial charge is 0.490 e. The number of hydrogen-bond acceptors (Lipinski definition) is 10. The molecule has 0 radical (unpaired) electrons. The van der Waals surface area contributed by atoms with E-state index in [0.717, 1.165) is 32.2 Å². The van der Waals surface area contributed by atoms with E-state index in [1.807, 2.05) is 13.8 Å². The fourth-order valence-corrected chi connectivity index (χ4v) is 8.49. The van der Waals surface area contributed by atoms with Gasteiger partial charge in [0.05, 0.1) is 35.2 Å². The Morgan fingerprint density at radius 2 is 1.88 bits per heavy atom. The molecule has 1 aromatic carbocycles. The summed E-state index contributed by atoms with van der Waals surface area (Å²) in [5, 5.41) is 21.7. The molecule has 14 nitrogen and oxygen atoms in total. The average Bonchev–Trinajstić information content (AvgIpc) is 3.80. The zero-order valence-electron chi connectivity index (χ0n) is 32.1. The molecule has 3 amide bonds. The van der Waals surface area contributed by atoms with Gasteiger partial charge in [-0.15, -0.1) is 0 Å². The molecule has 2 saturated heterocycles. The Morgan fingerprint density at radius 3 is 2.60 bits per heavy atom. The van der Waals surface area contributed by atoms with E-state index in [2.05, 4.69) is 25.6 Å². The molecule has 4 aromatic rings. The van der Waals surface area contributed by atoms with E-state index < -0.39 is 36.0 Å². The molecule has 2 unspecified atom stereocenters. The molecule has 4 fully saturated rings. The molecule has 2 saturated carbocycles. The maximum Gasteiger partial charge on any atom is 0.276 e. The van der Waals surface area contributed by atoms with Crippen molar-refractivity contribution >= 4 is 34.4 Å². The maximum atomic E-state index is 15.4. The van der Waals surface area contributed by atoms with Crippen molar-refractivity contribution in [3.8, 4) is 11.4 Å². The highest BCUT2D eigenvalue weighted by molar-refractivity contribution is 6.01. The van der Waals surface area contributed by atoms with Crippen LogP contribution in [0, 0.1) is 11.7 Å². The first-order valence-electron chi connectivity index (χ1n) is 19.9. The zero-order valence-corrected chi connectivity index (χ0v) is 32.1. The Kier molecular flexibility index (Phi) is 10.8. The Labute approximate surface area is 328 Å². The van der Waals surface area contributed by atoms with Crippen molar-refractivity contribution in [1.82, 2.24) is 34.9 Å². The van der Waals surface area contributed by atoms with Crippen LogP contribution >= 0.6 is 0 Å². The third kappa shape index (κ3) is 8.42. The van der Waals surface area contributed by atoms with Gasteiger partial charge in [0.1, 0.15) is 17.6 Å². The Bertz CT molecular complexity index is 2240. The van der Waals surface area contributed by atoms with Gasteiger partial charge in [0, 0.05) is 81.7 Å². The molecule has 0 bridgehead atoms. The lowest BCUT2D eigenvalue weighted by atomic mass is 9.85. The number of anilines is 1. The highest BCUT2D eigenvalue weighted by Gasteiger charge is 2.40. The number of benzene rings is 1. The first kappa shape index (κ1) is 38.6. The van der Waals surface area contributed by atoms with Crippen LogP contribution in [-0.2, 0) is 9.59 Å². The summed E-state index contributed by atoms with van der Waals surface area (Å²) in [6.07, 6.45) is 6.99. The van der Waals surface area contributed by atoms with Crippen LogP contribution in [0.25, 0.3) is 16.6 Å². The number of carbonyl (C=O) groups is 3. The monoisotopic (exact) mass is 786 g/mol. The topological polar surface area (TPSA) is 164 Å². The van der Waals surface area contributed by atoms with E-state index in [1.54, 1.807) is 41.6 Å². The molecular weight excluding hydrogens is 738 g/mol. The van der Waals surface area contributed by atoms with Gasteiger partial charge in [-0.25, -0.2) is 18.4 Å². The second-order valence-electron chi connectivity index (χ2n) is 16.2. The van der Waals surface area contributed by atoms with E-state index in [-0.39, 0.29) is 54.0 Å².